The molecule has 2 atom stereocenters. The first-order chi connectivity index (χ1) is 14.3. The van der Waals surface area contributed by atoms with E-state index in [1.54, 1.807) is 13.4 Å². The summed E-state index contributed by atoms with van der Waals surface area (Å²) in [5.41, 5.74) is 1.16. The summed E-state index contributed by atoms with van der Waals surface area (Å²) in [5, 5.41) is 7.12. The Balaban J connectivity index is 0.000000318. The Morgan fingerprint density at radius 3 is 2.37 bits per heavy atom. The monoisotopic (exact) mass is 425 g/mol. The Morgan fingerprint density at radius 2 is 1.83 bits per heavy atom. The summed E-state index contributed by atoms with van der Waals surface area (Å²) >= 11 is 0. The van der Waals surface area contributed by atoms with Crippen LogP contribution in [-0.2, 0) is 11.3 Å². The summed E-state index contributed by atoms with van der Waals surface area (Å²) in [6.45, 7) is 5.35. The van der Waals surface area contributed by atoms with E-state index < -0.39 is 12.1 Å². The molecule has 0 spiro atoms. The van der Waals surface area contributed by atoms with E-state index in [2.05, 4.69) is 36.9 Å². The zero-order valence-electron chi connectivity index (χ0n) is 16.3. The number of methoxy groups -OCH3 is 1. The highest BCUT2D eigenvalue weighted by atomic mass is 19.4. The van der Waals surface area contributed by atoms with Crippen LogP contribution in [0.25, 0.3) is 0 Å². The molecule has 1 N–H and O–H groups in total. The van der Waals surface area contributed by atoms with Crippen molar-refractivity contribution >= 4 is 11.8 Å². The largest absolute Gasteiger partial charge is 0.490 e. The van der Waals surface area contributed by atoms with Crippen LogP contribution in [0.15, 0.2) is 36.8 Å². The number of anilines is 1. The van der Waals surface area contributed by atoms with E-state index in [0.717, 1.165) is 44.2 Å². The fraction of sp³-hybridized carbons (Fsp3) is 0.474. The summed E-state index contributed by atoms with van der Waals surface area (Å²) in [6, 6.07) is 8.06. The fourth-order valence-electron chi connectivity index (χ4n) is 3.74. The van der Waals surface area contributed by atoms with Crippen LogP contribution in [-0.4, -0.2) is 70.4 Å². The molecule has 0 amide bonds. The van der Waals surface area contributed by atoms with Crippen molar-refractivity contribution in [3.63, 3.8) is 0 Å². The zero-order chi connectivity index (χ0) is 21.7. The summed E-state index contributed by atoms with van der Waals surface area (Å²) in [4.78, 5) is 26.7. The number of aromatic nitrogens is 3. The topological polar surface area (TPSA) is 91.7 Å². The van der Waals surface area contributed by atoms with E-state index in [1.165, 1.54) is 0 Å². The maximum absolute atomic E-state index is 10.6. The summed E-state index contributed by atoms with van der Waals surface area (Å²) in [6.07, 6.45) is -1.63. The number of alkyl halides is 3. The predicted molar refractivity (Wildman–Crippen MR) is 101 cm³/mol. The van der Waals surface area contributed by atoms with Crippen LogP contribution in [0.1, 0.15) is 5.69 Å². The van der Waals surface area contributed by atoms with Crippen LogP contribution in [0.4, 0.5) is 19.0 Å². The van der Waals surface area contributed by atoms with Gasteiger partial charge in [-0.25, -0.2) is 14.8 Å². The number of ether oxygens (including phenoxy) is 1. The van der Waals surface area contributed by atoms with Crippen molar-refractivity contribution in [1.82, 2.24) is 19.9 Å². The first-order valence-corrected chi connectivity index (χ1v) is 9.29. The van der Waals surface area contributed by atoms with Gasteiger partial charge in [-0.05, 0) is 24.0 Å². The van der Waals surface area contributed by atoms with Crippen LogP contribution < -0.4 is 9.64 Å². The minimum Gasteiger partial charge on any atom is -0.481 e. The third-order valence-corrected chi connectivity index (χ3v) is 5.08. The Bertz CT molecular complexity index is 839. The van der Waals surface area contributed by atoms with Gasteiger partial charge in [0, 0.05) is 45.0 Å². The standard InChI is InChI=1S/C17H21N5O.C2HF3O2/c1-23-17-6-16(19-12-20-17)22-9-13-7-21(8-14(13)10-22)11-15-4-2-3-5-18-15;3-2(4,5)1(6)7/h2-6,12-14H,7-11H2,1H3;(H,6,7)/t13-,14+;. The number of carbonyl (C=O) groups is 1. The number of hydrogen-bond donors (Lipinski definition) is 1. The molecule has 0 unspecified atom stereocenters. The van der Waals surface area contributed by atoms with Gasteiger partial charge in [-0.15, -0.1) is 0 Å². The Labute approximate surface area is 171 Å². The lowest BCUT2D eigenvalue weighted by atomic mass is 10.0. The molecule has 0 aliphatic carbocycles. The van der Waals surface area contributed by atoms with Crippen LogP contribution in [0, 0.1) is 11.8 Å². The summed E-state index contributed by atoms with van der Waals surface area (Å²) < 4.78 is 36.9. The number of nitrogens with zero attached hydrogens (tertiary/aromatic N) is 5. The van der Waals surface area contributed by atoms with Gasteiger partial charge in [-0.1, -0.05) is 6.07 Å². The molecule has 11 heteroatoms. The highest BCUT2D eigenvalue weighted by molar-refractivity contribution is 5.73. The average molecular weight is 425 g/mol. The molecule has 162 valence electrons. The number of halogens is 3. The van der Waals surface area contributed by atoms with Crippen LogP contribution in [0.5, 0.6) is 5.88 Å². The SMILES string of the molecule is COc1cc(N2C[C@H]3CN(Cc4ccccn4)C[C@H]3C2)ncn1.O=C(O)C(F)(F)F. The van der Waals surface area contributed by atoms with E-state index in [9.17, 15) is 13.2 Å². The first kappa shape index (κ1) is 21.8. The molecule has 0 bridgehead atoms. The highest BCUT2D eigenvalue weighted by Crippen LogP contribution is 2.34. The van der Waals surface area contributed by atoms with Gasteiger partial charge in [0.05, 0.1) is 12.8 Å². The number of hydrogen-bond acceptors (Lipinski definition) is 7. The zero-order valence-corrected chi connectivity index (χ0v) is 16.3. The predicted octanol–water partition coefficient (Wildman–Crippen LogP) is 2.08. The number of fused-ring (bicyclic) bond motifs is 1. The number of carboxylic acids is 1. The number of aliphatic carboxylic acids is 1. The van der Waals surface area contributed by atoms with Gasteiger partial charge < -0.3 is 14.7 Å². The van der Waals surface area contributed by atoms with Gasteiger partial charge in [-0.2, -0.15) is 13.2 Å². The molecule has 4 heterocycles. The van der Waals surface area contributed by atoms with Gasteiger partial charge in [0.15, 0.2) is 0 Å². The van der Waals surface area contributed by atoms with Gasteiger partial charge in [0.2, 0.25) is 5.88 Å². The van der Waals surface area contributed by atoms with Crippen LogP contribution in [0.2, 0.25) is 0 Å². The lowest BCUT2D eigenvalue weighted by molar-refractivity contribution is -0.192. The second-order valence-electron chi connectivity index (χ2n) is 7.16. The molecule has 8 nitrogen and oxygen atoms in total. The number of rotatable bonds is 4. The number of pyridine rings is 1. The highest BCUT2D eigenvalue weighted by Gasteiger charge is 2.40. The molecule has 0 radical (unpaired) electrons. The second kappa shape index (κ2) is 9.24. The van der Waals surface area contributed by atoms with Gasteiger partial charge >= 0.3 is 12.1 Å². The van der Waals surface area contributed by atoms with Crippen molar-refractivity contribution in [3.05, 3.63) is 42.5 Å². The molecule has 2 aliphatic rings. The van der Waals surface area contributed by atoms with Crippen molar-refractivity contribution in [3.8, 4) is 5.88 Å². The molecule has 0 saturated carbocycles. The minimum absolute atomic E-state index is 0.629. The Morgan fingerprint density at radius 1 is 1.17 bits per heavy atom. The molecule has 2 fully saturated rings. The lowest BCUT2D eigenvalue weighted by Crippen LogP contribution is -2.29. The number of carboxylic acid groups (broad SMARTS) is 1. The lowest BCUT2D eigenvalue weighted by Gasteiger charge is -2.22. The molecule has 30 heavy (non-hydrogen) atoms. The summed E-state index contributed by atoms with van der Waals surface area (Å²) in [7, 11) is 1.64. The third-order valence-electron chi connectivity index (χ3n) is 5.08. The molecule has 2 aliphatic heterocycles. The Kier molecular flexibility index (Phi) is 6.70. The van der Waals surface area contributed by atoms with Crippen molar-refractivity contribution in [2.75, 3.05) is 38.2 Å². The van der Waals surface area contributed by atoms with Crippen molar-refractivity contribution in [1.29, 1.82) is 0 Å². The van der Waals surface area contributed by atoms with E-state index in [0.29, 0.717) is 17.7 Å². The van der Waals surface area contributed by atoms with Crippen molar-refractivity contribution in [2.24, 2.45) is 11.8 Å². The van der Waals surface area contributed by atoms with Crippen LogP contribution in [0.3, 0.4) is 0 Å². The van der Waals surface area contributed by atoms with Crippen molar-refractivity contribution in [2.45, 2.75) is 12.7 Å². The maximum atomic E-state index is 10.6. The summed E-state index contributed by atoms with van der Waals surface area (Å²) in [5.74, 6) is 0.262. The van der Waals surface area contributed by atoms with E-state index in [-0.39, 0.29) is 0 Å². The van der Waals surface area contributed by atoms with Crippen molar-refractivity contribution < 1.29 is 27.8 Å². The molecule has 4 rings (SSSR count). The van der Waals surface area contributed by atoms with Gasteiger partial charge in [0.1, 0.15) is 12.1 Å². The number of likely N-dealkylation sites (tertiary alicyclic amines) is 1. The molecule has 0 aromatic carbocycles. The molecular weight excluding hydrogens is 403 g/mol. The first-order valence-electron chi connectivity index (χ1n) is 9.29. The fourth-order valence-corrected chi connectivity index (χ4v) is 3.74. The molecule has 2 aromatic rings. The van der Waals surface area contributed by atoms with Gasteiger partial charge in [0.25, 0.3) is 0 Å². The average Bonchev–Trinajstić information content (AvgIpc) is 3.27. The maximum Gasteiger partial charge on any atom is 0.490 e. The molecule has 2 aromatic heterocycles. The quantitative estimate of drug-likeness (QED) is 0.796. The third kappa shape index (κ3) is 5.56. The van der Waals surface area contributed by atoms with E-state index in [4.69, 9.17) is 14.6 Å². The second-order valence-corrected chi connectivity index (χ2v) is 7.16. The molecule has 2 saturated heterocycles. The normalized spacial score (nSPS) is 21.0. The van der Waals surface area contributed by atoms with E-state index >= 15 is 0 Å². The molecular formula is C19H22F3N5O3. The van der Waals surface area contributed by atoms with E-state index in [1.807, 2.05) is 18.3 Å². The smallest absolute Gasteiger partial charge is 0.481 e. The van der Waals surface area contributed by atoms with Crippen LogP contribution >= 0.6 is 0 Å². The Hall–Kier alpha value is -2.95. The van der Waals surface area contributed by atoms with Gasteiger partial charge in [-0.3, -0.25) is 9.88 Å². The minimum atomic E-state index is -5.08.